The highest BCUT2D eigenvalue weighted by Gasteiger charge is 2.37. The van der Waals surface area contributed by atoms with E-state index in [1.54, 1.807) is 13.8 Å². The number of hydrogen-bond donors (Lipinski definition) is 5. The summed E-state index contributed by atoms with van der Waals surface area (Å²) < 4.78 is 0. The quantitative estimate of drug-likeness (QED) is 0.336. The van der Waals surface area contributed by atoms with Crippen LogP contribution >= 0.6 is 12.6 Å². The van der Waals surface area contributed by atoms with Gasteiger partial charge >= 0.3 is 5.97 Å². The molecule has 1 aliphatic rings. The molecule has 0 bridgehead atoms. The Kier molecular flexibility index (Phi) is 8.35. The van der Waals surface area contributed by atoms with Crippen LogP contribution in [0.25, 0.3) is 0 Å². The lowest BCUT2D eigenvalue weighted by molar-refractivity contribution is -0.149. The maximum atomic E-state index is 12.6. The van der Waals surface area contributed by atoms with Gasteiger partial charge in [-0.2, -0.15) is 12.6 Å². The Bertz CT molecular complexity index is 557. The van der Waals surface area contributed by atoms with E-state index < -0.39 is 47.9 Å². The van der Waals surface area contributed by atoms with Crippen LogP contribution in [0, 0.1) is 5.92 Å². The van der Waals surface area contributed by atoms with Gasteiger partial charge in [-0.1, -0.05) is 13.8 Å². The SMILES string of the molecule is CC(NC(=O)C(N)C(C)C)C(=O)NC(CS)C(=O)N1CCCC1C(=O)O. The van der Waals surface area contributed by atoms with Gasteiger partial charge in [0.2, 0.25) is 17.7 Å². The van der Waals surface area contributed by atoms with E-state index in [4.69, 9.17) is 5.73 Å². The second-order valence-corrected chi connectivity index (χ2v) is 7.14. The molecular weight excluding hydrogens is 360 g/mol. The molecule has 148 valence electrons. The molecule has 3 amide bonds. The first-order valence-corrected chi connectivity index (χ1v) is 9.23. The van der Waals surface area contributed by atoms with E-state index in [0.717, 1.165) is 0 Å². The smallest absolute Gasteiger partial charge is 0.326 e. The Morgan fingerprint density at radius 1 is 1.19 bits per heavy atom. The molecule has 9 nitrogen and oxygen atoms in total. The van der Waals surface area contributed by atoms with Crippen LogP contribution in [0.2, 0.25) is 0 Å². The molecule has 1 aliphatic heterocycles. The van der Waals surface area contributed by atoms with E-state index in [0.29, 0.717) is 19.4 Å². The second-order valence-electron chi connectivity index (χ2n) is 6.77. The topological polar surface area (TPSA) is 142 Å². The van der Waals surface area contributed by atoms with Gasteiger partial charge in [0.25, 0.3) is 0 Å². The molecular formula is C16H28N4O5S. The highest BCUT2D eigenvalue weighted by atomic mass is 32.1. The first-order chi connectivity index (χ1) is 12.1. The van der Waals surface area contributed by atoms with Crippen molar-refractivity contribution in [2.45, 2.75) is 57.8 Å². The molecule has 5 N–H and O–H groups in total. The molecule has 26 heavy (non-hydrogen) atoms. The number of carbonyl (C=O) groups is 4. The van der Waals surface area contributed by atoms with Crippen molar-refractivity contribution in [1.82, 2.24) is 15.5 Å². The van der Waals surface area contributed by atoms with Gasteiger partial charge in [0, 0.05) is 12.3 Å². The fraction of sp³-hybridized carbons (Fsp3) is 0.750. The number of hydrogen-bond acceptors (Lipinski definition) is 6. The standard InChI is InChI=1S/C16H28N4O5S/c1-8(2)12(17)14(22)18-9(3)13(21)19-10(7-26)15(23)20-6-4-5-11(20)16(24)25/h8-12,26H,4-7,17H2,1-3H3,(H,18,22)(H,19,21)(H,24,25). The number of likely N-dealkylation sites (tertiary alicyclic amines) is 1. The van der Waals surface area contributed by atoms with Crippen LogP contribution < -0.4 is 16.4 Å². The number of thiol groups is 1. The Balaban J connectivity index is 2.68. The summed E-state index contributed by atoms with van der Waals surface area (Å²) in [5.74, 6) is -2.64. The van der Waals surface area contributed by atoms with Crippen molar-refractivity contribution >= 4 is 36.3 Å². The number of carboxylic acids is 1. The van der Waals surface area contributed by atoms with Crippen LogP contribution in [-0.2, 0) is 19.2 Å². The van der Waals surface area contributed by atoms with Gasteiger partial charge in [0.05, 0.1) is 6.04 Å². The Morgan fingerprint density at radius 3 is 2.31 bits per heavy atom. The summed E-state index contributed by atoms with van der Waals surface area (Å²) in [6.07, 6.45) is 0.976. The van der Waals surface area contributed by atoms with E-state index in [1.165, 1.54) is 11.8 Å². The summed E-state index contributed by atoms with van der Waals surface area (Å²) in [6.45, 7) is 5.39. The number of carbonyl (C=O) groups excluding carboxylic acids is 3. The van der Waals surface area contributed by atoms with Gasteiger partial charge in [0.15, 0.2) is 0 Å². The molecule has 0 saturated carbocycles. The highest BCUT2D eigenvalue weighted by Crippen LogP contribution is 2.18. The molecule has 4 atom stereocenters. The van der Waals surface area contributed by atoms with Crippen molar-refractivity contribution in [2.75, 3.05) is 12.3 Å². The van der Waals surface area contributed by atoms with Gasteiger partial charge in [-0.25, -0.2) is 4.79 Å². The summed E-state index contributed by atoms with van der Waals surface area (Å²) in [5, 5.41) is 14.2. The van der Waals surface area contributed by atoms with Crippen LogP contribution in [0.15, 0.2) is 0 Å². The summed E-state index contributed by atoms with van der Waals surface area (Å²) in [5.41, 5.74) is 5.74. The Hall–Kier alpha value is -1.81. The predicted octanol–water partition coefficient (Wildman–Crippen LogP) is -1.04. The average molecular weight is 388 g/mol. The van der Waals surface area contributed by atoms with Crippen LogP contribution in [0.4, 0.5) is 0 Å². The number of amides is 3. The number of carboxylic acid groups (broad SMARTS) is 1. The monoisotopic (exact) mass is 388 g/mol. The fourth-order valence-electron chi connectivity index (χ4n) is 2.65. The van der Waals surface area contributed by atoms with Crippen molar-refractivity contribution < 1.29 is 24.3 Å². The molecule has 1 heterocycles. The lowest BCUT2D eigenvalue weighted by atomic mass is 10.0. The van der Waals surface area contributed by atoms with Crippen molar-refractivity contribution in [3.05, 3.63) is 0 Å². The largest absolute Gasteiger partial charge is 0.480 e. The van der Waals surface area contributed by atoms with Gasteiger partial charge < -0.3 is 26.4 Å². The van der Waals surface area contributed by atoms with E-state index in [1.807, 2.05) is 0 Å². The van der Waals surface area contributed by atoms with Crippen LogP contribution in [-0.4, -0.2) is 70.2 Å². The van der Waals surface area contributed by atoms with Gasteiger partial charge in [-0.05, 0) is 25.7 Å². The highest BCUT2D eigenvalue weighted by molar-refractivity contribution is 7.80. The Labute approximate surface area is 158 Å². The van der Waals surface area contributed by atoms with Crippen LogP contribution in [0.5, 0.6) is 0 Å². The minimum atomic E-state index is -1.07. The molecule has 0 spiro atoms. The third kappa shape index (κ3) is 5.60. The van der Waals surface area contributed by atoms with Crippen molar-refractivity contribution in [1.29, 1.82) is 0 Å². The predicted molar refractivity (Wildman–Crippen MR) is 98.6 cm³/mol. The molecule has 1 saturated heterocycles. The van der Waals surface area contributed by atoms with E-state index >= 15 is 0 Å². The molecule has 0 aromatic heterocycles. The number of rotatable bonds is 8. The lowest BCUT2D eigenvalue weighted by Gasteiger charge is -2.27. The summed E-state index contributed by atoms with van der Waals surface area (Å²) in [6, 6.07) is -3.49. The summed E-state index contributed by atoms with van der Waals surface area (Å²) in [4.78, 5) is 49.3. The number of nitrogens with one attached hydrogen (secondary N) is 2. The molecule has 0 aliphatic carbocycles. The molecule has 4 unspecified atom stereocenters. The van der Waals surface area contributed by atoms with Gasteiger partial charge in [0.1, 0.15) is 18.1 Å². The fourth-order valence-corrected chi connectivity index (χ4v) is 2.89. The van der Waals surface area contributed by atoms with E-state index in [-0.39, 0.29) is 11.7 Å². The third-order valence-corrected chi connectivity index (χ3v) is 4.76. The van der Waals surface area contributed by atoms with Crippen molar-refractivity contribution in [3.8, 4) is 0 Å². The number of nitrogens with two attached hydrogens (primary N) is 1. The van der Waals surface area contributed by atoms with E-state index in [9.17, 15) is 24.3 Å². The molecule has 0 aromatic rings. The maximum Gasteiger partial charge on any atom is 0.326 e. The molecule has 0 radical (unpaired) electrons. The molecule has 10 heteroatoms. The minimum Gasteiger partial charge on any atom is -0.480 e. The summed E-state index contributed by atoms with van der Waals surface area (Å²) >= 11 is 4.08. The van der Waals surface area contributed by atoms with Gasteiger partial charge in [-0.15, -0.1) is 0 Å². The zero-order valence-corrected chi connectivity index (χ0v) is 16.2. The number of aliphatic carboxylic acids is 1. The second kappa shape index (κ2) is 9.77. The zero-order valence-electron chi connectivity index (χ0n) is 15.3. The van der Waals surface area contributed by atoms with Crippen molar-refractivity contribution in [2.24, 2.45) is 11.7 Å². The van der Waals surface area contributed by atoms with Crippen LogP contribution in [0.3, 0.4) is 0 Å². The van der Waals surface area contributed by atoms with Crippen molar-refractivity contribution in [3.63, 3.8) is 0 Å². The normalized spacial score (nSPS) is 20.4. The molecule has 1 rings (SSSR count). The third-order valence-electron chi connectivity index (χ3n) is 4.39. The summed E-state index contributed by atoms with van der Waals surface area (Å²) in [7, 11) is 0. The maximum absolute atomic E-state index is 12.6. The van der Waals surface area contributed by atoms with E-state index in [2.05, 4.69) is 23.3 Å². The molecule has 0 aromatic carbocycles. The zero-order chi connectivity index (χ0) is 20.0. The minimum absolute atomic E-state index is 0.0135. The Morgan fingerprint density at radius 2 is 1.81 bits per heavy atom. The first kappa shape index (κ1) is 22.2. The lowest BCUT2D eigenvalue weighted by Crippen LogP contribution is -2.57. The molecule has 1 fully saturated rings. The van der Waals surface area contributed by atoms with Gasteiger partial charge in [-0.3, -0.25) is 14.4 Å². The average Bonchev–Trinajstić information content (AvgIpc) is 3.07. The number of nitrogens with zero attached hydrogens (tertiary/aromatic N) is 1. The first-order valence-electron chi connectivity index (χ1n) is 8.60. The van der Waals surface area contributed by atoms with Crippen LogP contribution in [0.1, 0.15) is 33.6 Å².